The van der Waals surface area contributed by atoms with Crippen molar-refractivity contribution < 1.29 is 22.3 Å². The van der Waals surface area contributed by atoms with Gasteiger partial charge in [-0.1, -0.05) is 18.2 Å². The van der Waals surface area contributed by atoms with Crippen molar-refractivity contribution in [1.82, 2.24) is 5.32 Å². The van der Waals surface area contributed by atoms with Gasteiger partial charge in [-0.25, -0.2) is 12.8 Å². The highest BCUT2D eigenvalue weighted by Gasteiger charge is 2.30. The molecule has 1 unspecified atom stereocenters. The van der Waals surface area contributed by atoms with Gasteiger partial charge in [0, 0.05) is 11.4 Å². The molecule has 5 nitrogen and oxygen atoms in total. The molecule has 0 fully saturated rings. The van der Waals surface area contributed by atoms with Gasteiger partial charge in [-0.3, -0.25) is 4.79 Å². The molecule has 8 heteroatoms. The SMILES string of the molecule is CCOc1ccc(CC(=O)NCC(c2cccs2)S(=O)(=O)c2ccc(F)c(C)c2)cc1. The number of carbonyl (C=O) groups is 1. The van der Waals surface area contributed by atoms with Crippen molar-refractivity contribution in [3.63, 3.8) is 0 Å². The summed E-state index contributed by atoms with van der Waals surface area (Å²) in [4.78, 5) is 13.1. The maximum Gasteiger partial charge on any atom is 0.224 e. The first-order valence-corrected chi connectivity index (χ1v) is 12.3. The van der Waals surface area contributed by atoms with E-state index in [4.69, 9.17) is 4.74 Å². The van der Waals surface area contributed by atoms with Crippen molar-refractivity contribution in [2.24, 2.45) is 0 Å². The van der Waals surface area contributed by atoms with Gasteiger partial charge in [-0.15, -0.1) is 11.3 Å². The zero-order valence-corrected chi connectivity index (χ0v) is 18.9. The lowest BCUT2D eigenvalue weighted by Crippen LogP contribution is -2.32. The molecule has 0 saturated carbocycles. The predicted octanol–water partition coefficient (Wildman–Crippen LogP) is 4.47. The van der Waals surface area contributed by atoms with E-state index in [1.54, 1.807) is 41.8 Å². The Kier molecular flexibility index (Phi) is 7.46. The predicted molar refractivity (Wildman–Crippen MR) is 120 cm³/mol. The van der Waals surface area contributed by atoms with Crippen LogP contribution in [0.2, 0.25) is 0 Å². The second kappa shape index (κ2) is 10.1. The number of aryl methyl sites for hydroxylation is 1. The van der Waals surface area contributed by atoms with Gasteiger partial charge < -0.3 is 10.1 Å². The molecule has 3 aromatic rings. The molecule has 0 aliphatic heterocycles. The number of amides is 1. The summed E-state index contributed by atoms with van der Waals surface area (Å²) in [7, 11) is -3.83. The minimum Gasteiger partial charge on any atom is -0.494 e. The lowest BCUT2D eigenvalue weighted by Gasteiger charge is -2.18. The molecule has 0 aliphatic rings. The Morgan fingerprint density at radius 3 is 2.52 bits per heavy atom. The van der Waals surface area contributed by atoms with Crippen LogP contribution < -0.4 is 10.1 Å². The zero-order valence-electron chi connectivity index (χ0n) is 17.3. The van der Waals surface area contributed by atoms with Crippen molar-refractivity contribution in [3.05, 3.63) is 81.8 Å². The van der Waals surface area contributed by atoms with Crippen LogP contribution in [0.1, 0.15) is 28.2 Å². The third-order valence-corrected chi connectivity index (χ3v) is 7.99. The standard InChI is InChI=1S/C23H24FNO4S2/c1-3-29-18-8-6-17(7-9-18)14-23(26)25-15-22(21-5-4-12-30-21)31(27,28)19-10-11-20(24)16(2)13-19/h4-13,22H,3,14-15H2,1-2H3,(H,25,26). The van der Waals surface area contributed by atoms with Gasteiger partial charge in [0.1, 0.15) is 16.8 Å². The molecule has 2 aromatic carbocycles. The molecule has 1 heterocycles. The number of hydrogen-bond donors (Lipinski definition) is 1. The summed E-state index contributed by atoms with van der Waals surface area (Å²) in [6.07, 6.45) is 0.124. The summed E-state index contributed by atoms with van der Waals surface area (Å²) in [5, 5.41) is 3.57. The fourth-order valence-electron chi connectivity index (χ4n) is 3.12. The fourth-order valence-corrected chi connectivity index (χ4v) is 5.99. The van der Waals surface area contributed by atoms with Gasteiger partial charge >= 0.3 is 0 Å². The molecule has 1 atom stereocenters. The van der Waals surface area contributed by atoms with Crippen LogP contribution in [0.5, 0.6) is 5.75 Å². The smallest absolute Gasteiger partial charge is 0.224 e. The van der Waals surface area contributed by atoms with E-state index in [1.165, 1.54) is 30.4 Å². The van der Waals surface area contributed by atoms with E-state index >= 15 is 0 Å². The molecule has 1 amide bonds. The summed E-state index contributed by atoms with van der Waals surface area (Å²) in [5.74, 6) is -0.0170. The Hall–Kier alpha value is -2.71. The highest BCUT2D eigenvalue weighted by atomic mass is 32.2. The first-order valence-electron chi connectivity index (χ1n) is 9.83. The number of nitrogens with one attached hydrogen (secondary N) is 1. The molecular formula is C23H24FNO4S2. The minimum absolute atomic E-state index is 0.0329. The zero-order chi connectivity index (χ0) is 22.4. The number of thiophene rings is 1. The highest BCUT2D eigenvalue weighted by Crippen LogP contribution is 2.32. The Labute approximate surface area is 185 Å². The summed E-state index contributed by atoms with van der Waals surface area (Å²) >= 11 is 1.30. The van der Waals surface area contributed by atoms with E-state index in [0.717, 1.165) is 17.4 Å². The molecule has 31 heavy (non-hydrogen) atoms. The van der Waals surface area contributed by atoms with Crippen molar-refractivity contribution >= 4 is 27.1 Å². The van der Waals surface area contributed by atoms with Crippen molar-refractivity contribution in [1.29, 1.82) is 0 Å². The summed E-state index contributed by atoms with van der Waals surface area (Å²) in [6.45, 7) is 3.90. The Bertz CT molecular complexity index is 1130. The van der Waals surface area contributed by atoms with Crippen molar-refractivity contribution in [3.8, 4) is 5.75 Å². The van der Waals surface area contributed by atoms with Crippen LogP contribution in [0.4, 0.5) is 4.39 Å². The number of benzene rings is 2. The molecule has 0 saturated heterocycles. The molecular weight excluding hydrogens is 437 g/mol. The van der Waals surface area contributed by atoms with E-state index < -0.39 is 20.9 Å². The van der Waals surface area contributed by atoms with Crippen LogP contribution >= 0.6 is 11.3 Å². The highest BCUT2D eigenvalue weighted by molar-refractivity contribution is 7.91. The number of carbonyl (C=O) groups excluding carboxylic acids is 1. The quantitative estimate of drug-likeness (QED) is 0.477. The van der Waals surface area contributed by atoms with Crippen molar-refractivity contribution in [2.45, 2.75) is 30.4 Å². The number of halogens is 1. The maximum absolute atomic E-state index is 13.6. The molecule has 0 radical (unpaired) electrons. The number of hydrogen-bond acceptors (Lipinski definition) is 5. The number of rotatable bonds is 9. The van der Waals surface area contributed by atoms with E-state index in [-0.39, 0.29) is 29.3 Å². The average Bonchev–Trinajstić information content (AvgIpc) is 3.26. The first kappa shape index (κ1) is 23.0. The van der Waals surface area contributed by atoms with E-state index in [2.05, 4.69) is 5.32 Å². The Morgan fingerprint density at radius 1 is 1.16 bits per heavy atom. The van der Waals surface area contributed by atoms with E-state index in [9.17, 15) is 17.6 Å². The van der Waals surface area contributed by atoms with Gasteiger partial charge in [0.2, 0.25) is 5.91 Å². The molecule has 3 rings (SSSR count). The van der Waals surface area contributed by atoms with Crippen LogP contribution in [-0.4, -0.2) is 27.5 Å². The molecule has 0 bridgehead atoms. The molecule has 1 aromatic heterocycles. The summed E-state index contributed by atoms with van der Waals surface area (Å²) in [6, 6.07) is 14.4. The van der Waals surface area contributed by atoms with E-state index in [1.807, 2.05) is 6.92 Å². The largest absolute Gasteiger partial charge is 0.494 e. The third-order valence-electron chi connectivity index (χ3n) is 4.78. The Balaban J connectivity index is 1.74. The second-order valence-corrected chi connectivity index (χ2v) is 10.1. The maximum atomic E-state index is 13.6. The lowest BCUT2D eigenvalue weighted by molar-refractivity contribution is -0.120. The van der Waals surface area contributed by atoms with Crippen LogP contribution in [0.25, 0.3) is 0 Å². The van der Waals surface area contributed by atoms with Gasteiger partial charge in [-0.05, 0) is 66.8 Å². The third kappa shape index (κ3) is 5.71. The number of sulfone groups is 1. The molecule has 1 N–H and O–H groups in total. The van der Waals surface area contributed by atoms with Crippen LogP contribution in [-0.2, 0) is 21.1 Å². The molecule has 0 spiro atoms. The summed E-state index contributed by atoms with van der Waals surface area (Å²) < 4.78 is 45.6. The van der Waals surface area contributed by atoms with Crippen molar-refractivity contribution in [2.75, 3.05) is 13.2 Å². The molecule has 164 valence electrons. The van der Waals surface area contributed by atoms with E-state index in [0.29, 0.717) is 11.5 Å². The first-order chi connectivity index (χ1) is 14.8. The number of ether oxygens (including phenoxy) is 1. The van der Waals surface area contributed by atoms with Gasteiger partial charge in [0.15, 0.2) is 9.84 Å². The Morgan fingerprint density at radius 2 is 1.90 bits per heavy atom. The van der Waals surface area contributed by atoms with Crippen LogP contribution in [0.15, 0.2) is 64.9 Å². The second-order valence-electron chi connectivity index (χ2n) is 7.02. The van der Waals surface area contributed by atoms with Gasteiger partial charge in [0.05, 0.1) is 17.9 Å². The molecule has 0 aliphatic carbocycles. The minimum atomic E-state index is -3.83. The average molecular weight is 462 g/mol. The topological polar surface area (TPSA) is 72.5 Å². The van der Waals surface area contributed by atoms with Gasteiger partial charge in [-0.2, -0.15) is 0 Å². The monoisotopic (exact) mass is 461 g/mol. The van der Waals surface area contributed by atoms with Gasteiger partial charge in [0.25, 0.3) is 0 Å². The normalized spacial score (nSPS) is 12.4. The lowest BCUT2D eigenvalue weighted by atomic mass is 10.1. The summed E-state index contributed by atoms with van der Waals surface area (Å²) in [5.41, 5.74) is 1.05. The van der Waals surface area contributed by atoms with Crippen LogP contribution in [0, 0.1) is 12.7 Å². The fraction of sp³-hybridized carbons (Fsp3) is 0.261. The van der Waals surface area contributed by atoms with Crippen LogP contribution in [0.3, 0.4) is 0 Å².